The molecule has 0 saturated heterocycles. The molecule has 5 heteroatoms. The summed E-state index contributed by atoms with van der Waals surface area (Å²) in [5.74, 6) is -0.495. The van der Waals surface area contributed by atoms with Gasteiger partial charge in [0.05, 0.1) is 10.0 Å². The van der Waals surface area contributed by atoms with Gasteiger partial charge in [0.15, 0.2) is 0 Å². The van der Waals surface area contributed by atoms with Gasteiger partial charge in [-0.25, -0.2) is 0 Å². The van der Waals surface area contributed by atoms with Crippen molar-refractivity contribution in [2.24, 2.45) is 5.73 Å². The molecule has 0 radical (unpaired) electrons. The molecular weight excluding hydrogens is 276 g/mol. The molecule has 1 rings (SSSR count). The lowest BCUT2D eigenvalue weighted by molar-refractivity contribution is 0.0999. The molecule has 0 unspecified atom stereocenters. The van der Waals surface area contributed by atoms with Crippen LogP contribution < -0.4 is 5.73 Å². The number of hydrogen-bond donors (Lipinski definition) is 1. The van der Waals surface area contributed by atoms with Crippen LogP contribution in [0.15, 0.2) is 21.3 Å². The van der Waals surface area contributed by atoms with Crippen molar-refractivity contribution in [1.29, 1.82) is 0 Å². The summed E-state index contributed by atoms with van der Waals surface area (Å²) in [4.78, 5) is 14.5. The van der Waals surface area contributed by atoms with Gasteiger partial charge in [-0.3, -0.25) is 9.78 Å². The minimum atomic E-state index is -0.495. The van der Waals surface area contributed by atoms with E-state index < -0.39 is 5.91 Å². The van der Waals surface area contributed by atoms with Gasteiger partial charge in [0.2, 0.25) is 0 Å². The van der Waals surface area contributed by atoms with Crippen molar-refractivity contribution in [3.8, 4) is 0 Å². The van der Waals surface area contributed by atoms with Crippen LogP contribution in [0.4, 0.5) is 0 Å². The highest BCUT2D eigenvalue weighted by atomic mass is 79.9. The number of pyridine rings is 1. The zero-order valence-electron chi connectivity index (χ0n) is 5.34. The fourth-order valence-electron chi connectivity index (χ4n) is 0.591. The number of amides is 1. The smallest absolute Gasteiger partial charge is 0.251 e. The molecule has 0 bridgehead atoms. The minimum absolute atomic E-state index is 0.374. The zero-order valence-corrected chi connectivity index (χ0v) is 8.52. The van der Waals surface area contributed by atoms with Crippen molar-refractivity contribution >= 4 is 37.8 Å². The van der Waals surface area contributed by atoms with Crippen LogP contribution in [0.5, 0.6) is 0 Å². The predicted molar refractivity (Wildman–Crippen MR) is 48.2 cm³/mol. The fourth-order valence-corrected chi connectivity index (χ4v) is 1.32. The van der Waals surface area contributed by atoms with Crippen molar-refractivity contribution in [2.75, 3.05) is 0 Å². The molecule has 1 aromatic heterocycles. The Hall–Kier alpha value is -0.420. The van der Waals surface area contributed by atoms with Gasteiger partial charge in [0, 0.05) is 16.9 Å². The summed E-state index contributed by atoms with van der Waals surface area (Å²) in [6, 6.07) is 0. The highest BCUT2D eigenvalue weighted by Gasteiger charge is 2.08. The van der Waals surface area contributed by atoms with E-state index >= 15 is 0 Å². The Kier molecular flexibility index (Phi) is 2.62. The lowest BCUT2D eigenvalue weighted by Gasteiger charge is -1.99. The molecule has 1 amide bonds. The van der Waals surface area contributed by atoms with E-state index in [0.29, 0.717) is 14.5 Å². The molecular formula is C6H4Br2N2O. The first-order valence-corrected chi connectivity index (χ1v) is 4.30. The van der Waals surface area contributed by atoms with Crippen LogP contribution in [0, 0.1) is 0 Å². The average molecular weight is 280 g/mol. The lowest BCUT2D eigenvalue weighted by atomic mass is 10.3. The van der Waals surface area contributed by atoms with Crippen LogP contribution in [0.2, 0.25) is 0 Å². The third kappa shape index (κ3) is 1.78. The van der Waals surface area contributed by atoms with E-state index in [0.717, 1.165) is 0 Å². The van der Waals surface area contributed by atoms with Crippen LogP contribution in [0.1, 0.15) is 10.4 Å². The van der Waals surface area contributed by atoms with E-state index in [9.17, 15) is 4.79 Å². The SMILES string of the molecule is NC(=O)c1cncc(Br)c1Br. The Labute approximate surface area is 80.3 Å². The highest BCUT2D eigenvalue weighted by Crippen LogP contribution is 2.24. The quantitative estimate of drug-likeness (QED) is 0.851. The molecule has 0 fully saturated rings. The number of hydrogen-bond acceptors (Lipinski definition) is 2. The topological polar surface area (TPSA) is 56.0 Å². The van der Waals surface area contributed by atoms with Crippen LogP contribution in [0.25, 0.3) is 0 Å². The van der Waals surface area contributed by atoms with Crippen molar-refractivity contribution in [2.45, 2.75) is 0 Å². The normalized spacial score (nSPS) is 9.64. The van der Waals surface area contributed by atoms with E-state index in [1.165, 1.54) is 6.20 Å². The van der Waals surface area contributed by atoms with Crippen molar-refractivity contribution < 1.29 is 4.79 Å². The maximum absolute atomic E-state index is 10.7. The summed E-state index contributed by atoms with van der Waals surface area (Å²) in [5.41, 5.74) is 5.43. The molecule has 0 saturated carbocycles. The molecule has 0 aliphatic heterocycles. The second-order valence-electron chi connectivity index (χ2n) is 1.85. The van der Waals surface area contributed by atoms with Gasteiger partial charge in [-0.15, -0.1) is 0 Å². The van der Waals surface area contributed by atoms with Gasteiger partial charge in [-0.05, 0) is 31.9 Å². The molecule has 1 heterocycles. The summed E-state index contributed by atoms with van der Waals surface area (Å²) in [6.45, 7) is 0. The Morgan fingerprint density at radius 1 is 1.45 bits per heavy atom. The van der Waals surface area contributed by atoms with Crippen molar-refractivity contribution in [1.82, 2.24) is 4.98 Å². The van der Waals surface area contributed by atoms with Gasteiger partial charge < -0.3 is 5.73 Å². The van der Waals surface area contributed by atoms with E-state index in [1.54, 1.807) is 6.20 Å². The first-order chi connectivity index (χ1) is 5.13. The Bertz CT molecular complexity index is 301. The summed E-state index contributed by atoms with van der Waals surface area (Å²) in [6.07, 6.45) is 2.99. The largest absolute Gasteiger partial charge is 0.366 e. The highest BCUT2D eigenvalue weighted by molar-refractivity contribution is 9.13. The molecule has 0 atom stereocenters. The number of carbonyl (C=O) groups is 1. The maximum atomic E-state index is 10.7. The minimum Gasteiger partial charge on any atom is -0.366 e. The molecule has 2 N–H and O–H groups in total. The molecule has 11 heavy (non-hydrogen) atoms. The first-order valence-electron chi connectivity index (χ1n) is 2.71. The van der Waals surface area contributed by atoms with Gasteiger partial charge in [-0.1, -0.05) is 0 Å². The standard InChI is InChI=1S/C6H4Br2N2O/c7-4-2-10-1-3(5(4)8)6(9)11/h1-2H,(H2,9,11). The number of rotatable bonds is 1. The molecule has 0 aromatic carbocycles. The second-order valence-corrected chi connectivity index (χ2v) is 3.49. The number of primary amides is 1. The number of nitrogens with two attached hydrogens (primary N) is 1. The number of aromatic nitrogens is 1. The van der Waals surface area contributed by atoms with Crippen LogP contribution in [0.3, 0.4) is 0 Å². The van der Waals surface area contributed by atoms with E-state index in [4.69, 9.17) is 5.73 Å². The Balaban J connectivity index is 3.27. The number of nitrogens with zero attached hydrogens (tertiary/aromatic N) is 1. The van der Waals surface area contributed by atoms with E-state index in [2.05, 4.69) is 36.8 Å². The van der Waals surface area contributed by atoms with Crippen LogP contribution in [-0.4, -0.2) is 10.9 Å². The number of carbonyl (C=O) groups excluding carboxylic acids is 1. The summed E-state index contributed by atoms with van der Waals surface area (Å²) in [7, 11) is 0. The Morgan fingerprint density at radius 3 is 2.55 bits per heavy atom. The molecule has 1 aromatic rings. The van der Waals surface area contributed by atoms with Crippen molar-refractivity contribution in [3.63, 3.8) is 0 Å². The van der Waals surface area contributed by atoms with Gasteiger partial charge >= 0.3 is 0 Å². The molecule has 58 valence electrons. The summed E-state index contributed by atoms with van der Waals surface area (Å²) >= 11 is 6.39. The second kappa shape index (κ2) is 3.32. The van der Waals surface area contributed by atoms with E-state index in [-0.39, 0.29) is 0 Å². The molecule has 0 aliphatic rings. The summed E-state index contributed by atoms with van der Waals surface area (Å²) < 4.78 is 1.36. The third-order valence-electron chi connectivity index (χ3n) is 1.10. The third-order valence-corrected chi connectivity index (χ3v) is 3.09. The predicted octanol–water partition coefficient (Wildman–Crippen LogP) is 1.71. The van der Waals surface area contributed by atoms with Gasteiger partial charge in [0.25, 0.3) is 5.91 Å². The summed E-state index contributed by atoms with van der Waals surface area (Å²) in [5, 5.41) is 0. The van der Waals surface area contributed by atoms with Crippen LogP contribution >= 0.6 is 31.9 Å². The maximum Gasteiger partial charge on any atom is 0.251 e. The molecule has 0 aliphatic carbocycles. The fraction of sp³-hybridized carbons (Fsp3) is 0. The monoisotopic (exact) mass is 278 g/mol. The lowest BCUT2D eigenvalue weighted by Crippen LogP contribution is -2.12. The van der Waals surface area contributed by atoms with Crippen LogP contribution in [-0.2, 0) is 0 Å². The van der Waals surface area contributed by atoms with E-state index in [1.807, 2.05) is 0 Å². The first kappa shape index (κ1) is 8.67. The molecule has 3 nitrogen and oxygen atoms in total. The molecule has 0 spiro atoms. The number of halogens is 2. The van der Waals surface area contributed by atoms with Gasteiger partial charge in [-0.2, -0.15) is 0 Å². The van der Waals surface area contributed by atoms with Gasteiger partial charge in [0.1, 0.15) is 0 Å². The van der Waals surface area contributed by atoms with Crippen molar-refractivity contribution in [3.05, 3.63) is 26.9 Å². The Morgan fingerprint density at radius 2 is 2.09 bits per heavy atom. The zero-order chi connectivity index (χ0) is 8.43. The average Bonchev–Trinajstić information content (AvgIpc) is 1.94.